The van der Waals surface area contributed by atoms with Gasteiger partial charge >= 0.3 is 0 Å². The van der Waals surface area contributed by atoms with Gasteiger partial charge in [0.15, 0.2) is 5.12 Å². The molecule has 0 fully saturated rings. The fourth-order valence-corrected chi connectivity index (χ4v) is 1.11. The Morgan fingerprint density at radius 3 is 2.80 bits per heavy atom. The molecular formula is C7H11NOS. The highest BCUT2D eigenvalue weighted by Gasteiger charge is 2.02. The molecule has 0 N–H and O–H groups in total. The molecule has 0 aromatic carbocycles. The Kier molecular flexibility index (Phi) is 5.05. The van der Waals surface area contributed by atoms with E-state index in [1.165, 1.54) is 11.8 Å². The lowest BCUT2D eigenvalue weighted by molar-refractivity contribution is -0.109. The molecule has 10 heavy (non-hydrogen) atoms. The van der Waals surface area contributed by atoms with E-state index in [9.17, 15) is 4.79 Å². The Balaban J connectivity index is 3.32. The first kappa shape index (κ1) is 9.51. The van der Waals surface area contributed by atoms with Crippen LogP contribution in [0.15, 0.2) is 0 Å². The lowest BCUT2D eigenvalue weighted by Gasteiger charge is -2.02. The number of nitriles is 1. The van der Waals surface area contributed by atoms with Gasteiger partial charge in [0.1, 0.15) is 0 Å². The number of carbonyl (C=O) groups excluding carboxylic acids is 1. The second-order valence-corrected chi connectivity index (χ2v) is 3.47. The molecule has 0 aliphatic rings. The fraction of sp³-hybridized carbons (Fsp3) is 0.714. The third-order valence-corrected chi connectivity index (χ3v) is 2.15. The van der Waals surface area contributed by atoms with E-state index in [0.717, 1.165) is 5.75 Å². The van der Waals surface area contributed by atoms with Crippen LogP contribution in [0, 0.1) is 17.2 Å². The van der Waals surface area contributed by atoms with Gasteiger partial charge in [-0.15, -0.1) is 0 Å². The number of thioether (sulfide) groups is 1. The standard InChI is InChI=1S/C7H11NOS/c1-6(3-4-8)5-10-7(2)9/h6H,3,5H2,1-2H3. The normalized spacial score (nSPS) is 12.1. The average Bonchev–Trinajstić information content (AvgIpc) is 1.85. The van der Waals surface area contributed by atoms with Crippen LogP contribution in [-0.2, 0) is 4.79 Å². The van der Waals surface area contributed by atoms with Crippen LogP contribution in [0.25, 0.3) is 0 Å². The highest BCUT2D eigenvalue weighted by atomic mass is 32.2. The Morgan fingerprint density at radius 1 is 1.80 bits per heavy atom. The van der Waals surface area contributed by atoms with Crippen LogP contribution in [0.5, 0.6) is 0 Å². The molecule has 1 unspecified atom stereocenters. The molecule has 0 aromatic heterocycles. The molecule has 0 heterocycles. The Bertz CT molecular complexity index is 150. The van der Waals surface area contributed by atoms with Crippen LogP contribution < -0.4 is 0 Å². The van der Waals surface area contributed by atoms with Gasteiger partial charge in [-0.25, -0.2) is 0 Å². The van der Waals surface area contributed by atoms with E-state index in [-0.39, 0.29) is 5.12 Å². The quantitative estimate of drug-likeness (QED) is 0.627. The van der Waals surface area contributed by atoms with Crippen molar-refractivity contribution in [3.05, 3.63) is 0 Å². The summed E-state index contributed by atoms with van der Waals surface area (Å²) < 4.78 is 0. The second kappa shape index (κ2) is 5.31. The van der Waals surface area contributed by atoms with E-state index >= 15 is 0 Å². The highest BCUT2D eigenvalue weighted by Crippen LogP contribution is 2.10. The van der Waals surface area contributed by atoms with E-state index < -0.39 is 0 Å². The zero-order valence-electron chi connectivity index (χ0n) is 6.26. The van der Waals surface area contributed by atoms with Gasteiger partial charge < -0.3 is 0 Å². The summed E-state index contributed by atoms with van der Waals surface area (Å²) in [5, 5.41) is 8.39. The van der Waals surface area contributed by atoms with Gasteiger partial charge in [0.05, 0.1) is 6.07 Å². The topological polar surface area (TPSA) is 40.9 Å². The van der Waals surface area contributed by atoms with Crippen molar-refractivity contribution in [2.24, 2.45) is 5.92 Å². The molecule has 0 aromatic rings. The van der Waals surface area contributed by atoms with Crippen molar-refractivity contribution < 1.29 is 4.79 Å². The average molecular weight is 157 g/mol. The maximum atomic E-state index is 10.4. The van der Waals surface area contributed by atoms with E-state index in [1.54, 1.807) is 6.92 Å². The first-order chi connectivity index (χ1) is 4.66. The number of nitrogens with zero attached hydrogens (tertiary/aromatic N) is 1. The molecule has 0 aliphatic carbocycles. The SMILES string of the molecule is CC(=O)SCC(C)CC#N. The molecular weight excluding hydrogens is 146 g/mol. The third-order valence-electron chi connectivity index (χ3n) is 1.01. The van der Waals surface area contributed by atoms with Crippen molar-refractivity contribution in [2.45, 2.75) is 20.3 Å². The van der Waals surface area contributed by atoms with Crippen molar-refractivity contribution in [3.63, 3.8) is 0 Å². The molecule has 1 atom stereocenters. The zero-order chi connectivity index (χ0) is 7.98. The van der Waals surface area contributed by atoms with Crippen molar-refractivity contribution >= 4 is 16.9 Å². The summed E-state index contributed by atoms with van der Waals surface area (Å²) in [4.78, 5) is 10.4. The molecule has 56 valence electrons. The summed E-state index contributed by atoms with van der Waals surface area (Å²) in [5.41, 5.74) is 0. The minimum atomic E-state index is 0.129. The van der Waals surface area contributed by atoms with Crippen molar-refractivity contribution in [1.29, 1.82) is 5.26 Å². The molecule has 2 nitrogen and oxygen atoms in total. The molecule has 0 aliphatic heterocycles. The third kappa shape index (κ3) is 5.64. The van der Waals surface area contributed by atoms with Crippen LogP contribution in [0.1, 0.15) is 20.3 Å². The smallest absolute Gasteiger partial charge is 0.185 e. The highest BCUT2D eigenvalue weighted by molar-refractivity contribution is 8.13. The van der Waals surface area contributed by atoms with Crippen molar-refractivity contribution in [1.82, 2.24) is 0 Å². The van der Waals surface area contributed by atoms with Crippen LogP contribution in [-0.4, -0.2) is 10.9 Å². The summed E-state index contributed by atoms with van der Waals surface area (Å²) in [6.07, 6.45) is 0.542. The lowest BCUT2D eigenvalue weighted by Crippen LogP contribution is -1.98. The molecule has 0 spiro atoms. The molecule has 0 rings (SSSR count). The van der Waals surface area contributed by atoms with E-state index in [1.807, 2.05) is 6.92 Å². The number of rotatable bonds is 3. The zero-order valence-corrected chi connectivity index (χ0v) is 7.07. The minimum Gasteiger partial charge on any atom is -0.288 e. The van der Waals surface area contributed by atoms with Gasteiger partial charge in [-0.1, -0.05) is 18.7 Å². The molecule has 0 amide bonds. The number of hydrogen-bond acceptors (Lipinski definition) is 3. The van der Waals surface area contributed by atoms with Crippen LogP contribution in [0.2, 0.25) is 0 Å². The van der Waals surface area contributed by atoms with E-state index in [4.69, 9.17) is 5.26 Å². The van der Waals surface area contributed by atoms with E-state index in [2.05, 4.69) is 6.07 Å². The van der Waals surface area contributed by atoms with Gasteiger partial charge in [-0.3, -0.25) is 4.79 Å². The van der Waals surface area contributed by atoms with Crippen LogP contribution >= 0.6 is 11.8 Å². The van der Waals surface area contributed by atoms with Gasteiger partial charge in [-0.2, -0.15) is 5.26 Å². The van der Waals surface area contributed by atoms with Crippen molar-refractivity contribution in [2.75, 3.05) is 5.75 Å². The predicted octanol–water partition coefficient (Wildman–Crippen LogP) is 1.82. The molecule has 3 heteroatoms. The van der Waals surface area contributed by atoms with Crippen LogP contribution in [0.4, 0.5) is 0 Å². The van der Waals surface area contributed by atoms with Gasteiger partial charge in [0.25, 0.3) is 0 Å². The molecule has 0 radical (unpaired) electrons. The maximum Gasteiger partial charge on any atom is 0.185 e. The maximum absolute atomic E-state index is 10.4. The van der Waals surface area contributed by atoms with Gasteiger partial charge in [0.2, 0.25) is 0 Å². The summed E-state index contributed by atoms with van der Waals surface area (Å²) in [6.45, 7) is 3.52. The molecule has 0 saturated carbocycles. The summed E-state index contributed by atoms with van der Waals surface area (Å²) >= 11 is 1.29. The summed E-state index contributed by atoms with van der Waals surface area (Å²) in [6, 6.07) is 2.07. The molecule has 0 saturated heterocycles. The predicted molar refractivity (Wildman–Crippen MR) is 42.5 cm³/mol. The number of hydrogen-bond donors (Lipinski definition) is 0. The largest absolute Gasteiger partial charge is 0.288 e. The summed E-state index contributed by atoms with van der Waals surface area (Å²) in [7, 11) is 0. The van der Waals surface area contributed by atoms with Crippen molar-refractivity contribution in [3.8, 4) is 6.07 Å². The van der Waals surface area contributed by atoms with E-state index in [0.29, 0.717) is 12.3 Å². The Labute approximate surface area is 65.6 Å². The Morgan fingerprint density at radius 2 is 2.40 bits per heavy atom. The first-order valence-corrected chi connectivity index (χ1v) is 4.15. The molecule has 0 bridgehead atoms. The monoisotopic (exact) mass is 157 g/mol. The van der Waals surface area contributed by atoms with Gasteiger partial charge in [0, 0.05) is 19.1 Å². The Hall–Kier alpha value is -0.490. The second-order valence-electron chi connectivity index (χ2n) is 2.27. The van der Waals surface area contributed by atoms with Gasteiger partial charge in [-0.05, 0) is 5.92 Å². The van der Waals surface area contributed by atoms with Crippen LogP contribution in [0.3, 0.4) is 0 Å². The number of carbonyl (C=O) groups is 1. The first-order valence-electron chi connectivity index (χ1n) is 3.17. The minimum absolute atomic E-state index is 0.129. The lowest BCUT2D eigenvalue weighted by atomic mass is 10.2. The fourth-order valence-electron chi connectivity index (χ4n) is 0.474. The summed E-state index contributed by atoms with van der Waals surface area (Å²) in [5.74, 6) is 1.10.